The Hall–Kier alpha value is -0.540. The van der Waals surface area contributed by atoms with Gasteiger partial charge in [-0.05, 0) is 20.8 Å². The van der Waals surface area contributed by atoms with E-state index in [1.165, 1.54) is 6.66 Å². The maximum absolute atomic E-state index is 11.0. The first-order chi connectivity index (χ1) is 6.10. The van der Waals surface area contributed by atoms with E-state index in [1.54, 1.807) is 20.8 Å². The van der Waals surface area contributed by atoms with Crippen molar-refractivity contribution >= 4 is 13.5 Å². The summed E-state index contributed by atoms with van der Waals surface area (Å²) in [6.45, 7) is 6.67. The molecule has 0 radical (unpaired) electrons. The third kappa shape index (κ3) is 9.55. The van der Waals surface area contributed by atoms with Crippen molar-refractivity contribution in [3.63, 3.8) is 0 Å². The van der Waals surface area contributed by atoms with E-state index in [0.717, 1.165) is 0 Å². The lowest BCUT2D eigenvalue weighted by atomic mass is 10.2. The molecule has 0 fully saturated rings. The van der Waals surface area contributed by atoms with Gasteiger partial charge in [0.25, 0.3) is 0 Å². The van der Waals surface area contributed by atoms with Crippen molar-refractivity contribution in [3.05, 3.63) is 0 Å². The van der Waals surface area contributed by atoms with Gasteiger partial charge in [0.05, 0.1) is 0 Å². The summed E-state index contributed by atoms with van der Waals surface area (Å²) in [7, 11) is -3.04. The summed E-state index contributed by atoms with van der Waals surface area (Å²) in [5, 5.41) is 2.40. The molecule has 0 spiro atoms. The van der Waals surface area contributed by atoms with Crippen LogP contribution in [0.2, 0.25) is 0 Å². The molecule has 14 heavy (non-hydrogen) atoms. The summed E-state index contributed by atoms with van der Waals surface area (Å²) >= 11 is 0. The molecule has 0 aromatic carbocycles. The minimum atomic E-state index is -3.04. The molecule has 0 aliphatic heterocycles. The van der Waals surface area contributed by atoms with Gasteiger partial charge in [0.15, 0.2) is 7.37 Å². The summed E-state index contributed by atoms with van der Waals surface area (Å²) in [4.78, 5) is 20.0. The molecule has 1 atom stereocenters. The number of carbonyl (C=O) groups is 1. The zero-order valence-electron chi connectivity index (χ0n) is 9.03. The van der Waals surface area contributed by atoms with Gasteiger partial charge in [-0.2, -0.15) is 0 Å². The largest absolute Gasteiger partial charge is 0.444 e. The van der Waals surface area contributed by atoms with Crippen LogP contribution in [0.25, 0.3) is 0 Å². The summed E-state index contributed by atoms with van der Waals surface area (Å²) in [6, 6.07) is 0. The smallest absolute Gasteiger partial charge is 0.407 e. The van der Waals surface area contributed by atoms with E-state index in [9.17, 15) is 9.36 Å². The van der Waals surface area contributed by atoms with Crippen LogP contribution in [0.3, 0.4) is 0 Å². The van der Waals surface area contributed by atoms with Crippen molar-refractivity contribution in [3.8, 4) is 0 Å². The molecule has 84 valence electrons. The quantitative estimate of drug-likeness (QED) is 0.709. The molecular formula is C8H18NO4P. The molecule has 0 aliphatic carbocycles. The van der Waals surface area contributed by atoms with Gasteiger partial charge in [-0.25, -0.2) is 4.79 Å². The second kappa shape index (κ2) is 4.80. The Bertz CT molecular complexity index is 240. The number of hydrogen-bond acceptors (Lipinski definition) is 3. The average molecular weight is 223 g/mol. The van der Waals surface area contributed by atoms with Gasteiger partial charge in [0, 0.05) is 19.4 Å². The van der Waals surface area contributed by atoms with Crippen molar-refractivity contribution < 1.29 is 19.0 Å². The van der Waals surface area contributed by atoms with E-state index in [2.05, 4.69) is 5.32 Å². The molecule has 6 heteroatoms. The monoisotopic (exact) mass is 223 g/mol. The summed E-state index contributed by atoms with van der Waals surface area (Å²) in [6.07, 6.45) is -0.502. The van der Waals surface area contributed by atoms with E-state index in [1.807, 2.05) is 0 Å². The highest BCUT2D eigenvalue weighted by atomic mass is 31.2. The number of alkyl carbamates (subject to hydrolysis) is 1. The summed E-state index contributed by atoms with van der Waals surface area (Å²) in [5.74, 6) is 0. The lowest BCUT2D eigenvalue weighted by molar-refractivity contribution is 0.0531. The molecular weight excluding hydrogens is 205 g/mol. The van der Waals surface area contributed by atoms with E-state index in [4.69, 9.17) is 9.63 Å². The van der Waals surface area contributed by atoms with Gasteiger partial charge in [-0.1, -0.05) is 0 Å². The minimum Gasteiger partial charge on any atom is -0.444 e. The van der Waals surface area contributed by atoms with E-state index >= 15 is 0 Å². The number of rotatable bonds is 3. The van der Waals surface area contributed by atoms with Crippen molar-refractivity contribution in [2.24, 2.45) is 0 Å². The number of carbonyl (C=O) groups excluding carboxylic acids is 1. The predicted octanol–water partition coefficient (Wildman–Crippen LogP) is 1.41. The molecule has 0 aromatic rings. The van der Waals surface area contributed by atoms with Gasteiger partial charge in [-0.3, -0.25) is 4.57 Å². The lowest BCUT2D eigenvalue weighted by Crippen LogP contribution is -2.33. The van der Waals surface area contributed by atoms with Crippen LogP contribution in [0.1, 0.15) is 20.8 Å². The van der Waals surface area contributed by atoms with E-state index < -0.39 is 19.1 Å². The molecule has 1 amide bonds. The fourth-order valence-electron chi connectivity index (χ4n) is 0.680. The van der Waals surface area contributed by atoms with Crippen LogP contribution in [0.4, 0.5) is 4.79 Å². The van der Waals surface area contributed by atoms with Crippen molar-refractivity contribution in [2.45, 2.75) is 26.4 Å². The highest BCUT2D eigenvalue weighted by Gasteiger charge is 2.16. The van der Waals surface area contributed by atoms with Gasteiger partial charge >= 0.3 is 6.09 Å². The number of nitrogens with one attached hydrogen (secondary N) is 1. The summed E-state index contributed by atoms with van der Waals surface area (Å²) in [5.41, 5.74) is -0.542. The first-order valence-corrected chi connectivity index (χ1v) is 6.65. The Balaban J connectivity index is 3.72. The SMILES string of the molecule is CC(C)(C)OC(=O)NCCP(C)(=O)O. The molecule has 5 nitrogen and oxygen atoms in total. The van der Waals surface area contributed by atoms with E-state index in [0.29, 0.717) is 0 Å². The highest BCUT2D eigenvalue weighted by Crippen LogP contribution is 2.33. The van der Waals surface area contributed by atoms with Crippen LogP contribution in [0.5, 0.6) is 0 Å². The number of hydrogen-bond donors (Lipinski definition) is 2. The number of ether oxygens (including phenoxy) is 1. The predicted molar refractivity (Wildman–Crippen MR) is 54.9 cm³/mol. The van der Waals surface area contributed by atoms with Crippen molar-refractivity contribution in [1.82, 2.24) is 5.32 Å². The maximum Gasteiger partial charge on any atom is 0.407 e. The molecule has 0 rings (SSSR count). The van der Waals surface area contributed by atoms with Gasteiger partial charge in [0.2, 0.25) is 0 Å². The molecule has 2 N–H and O–H groups in total. The second-order valence-corrected chi connectivity index (χ2v) is 6.75. The van der Waals surface area contributed by atoms with Crippen LogP contribution in [-0.4, -0.2) is 36.0 Å². The van der Waals surface area contributed by atoms with Gasteiger partial charge in [0.1, 0.15) is 5.60 Å². The van der Waals surface area contributed by atoms with Crippen molar-refractivity contribution in [1.29, 1.82) is 0 Å². The van der Waals surface area contributed by atoms with E-state index in [-0.39, 0.29) is 12.7 Å². The van der Waals surface area contributed by atoms with Gasteiger partial charge in [-0.15, -0.1) is 0 Å². The first kappa shape index (κ1) is 13.5. The molecule has 0 bridgehead atoms. The molecule has 0 saturated carbocycles. The standard InChI is InChI=1S/C8H18NO4P/c1-8(2,3)13-7(10)9-5-6-14(4,11)12/h5-6H2,1-4H3,(H,9,10)(H,11,12). The Kier molecular flexibility index (Phi) is 4.62. The van der Waals surface area contributed by atoms with Crippen LogP contribution >= 0.6 is 7.37 Å². The Morgan fingerprint density at radius 3 is 2.36 bits per heavy atom. The van der Waals surface area contributed by atoms with Crippen LogP contribution in [0.15, 0.2) is 0 Å². The fourth-order valence-corrected chi connectivity index (χ4v) is 1.21. The van der Waals surface area contributed by atoms with Crippen molar-refractivity contribution in [2.75, 3.05) is 19.4 Å². The zero-order chi connectivity index (χ0) is 11.4. The highest BCUT2D eigenvalue weighted by molar-refractivity contribution is 7.57. The molecule has 0 saturated heterocycles. The third-order valence-electron chi connectivity index (χ3n) is 1.19. The molecule has 0 heterocycles. The topological polar surface area (TPSA) is 75.6 Å². The second-order valence-electron chi connectivity index (χ2n) is 4.20. The lowest BCUT2D eigenvalue weighted by Gasteiger charge is -2.19. The maximum atomic E-state index is 11.0. The van der Waals surface area contributed by atoms with Crippen LogP contribution in [0, 0.1) is 0 Å². The molecule has 0 aliphatic rings. The Morgan fingerprint density at radius 2 is 2.00 bits per heavy atom. The number of amides is 1. The van der Waals surface area contributed by atoms with Gasteiger partial charge < -0.3 is 14.9 Å². The average Bonchev–Trinajstić information content (AvgIpc) is 1.78. The Morgan fingerprint density at radius 1 is 1.50 bits per heavy atom. The normalized spacial score (nSPS) is 15.8. The van der Waals surface area contributed by atoms with Crippen LogP contribution in [-0.2, 0) is 9.30 Å². The Labute approximate surface area is 84.3 Å². The summed E-state index contributed by atoms with van der Waals surface area (Å²) < 4.78 is 15.8. The first-order valence-electron chi connectivity index (χ1n) is 4.36. The molecule has 1 unspecified atom stereocenters. The minimum absolute atomic E-state index is 0.0617. The molecule has 0 aromatic heterocycles. The third-order valence-corrected chi connectivity index (χ3v) is 2.25. The fraction of sp³-hybridized carbons (Fsp3) is 0.875. The van der Waals surface area contributed by atoms with Crippen LogP contribution < -0.4 is 5.32 Å². The zero-order valence-corrected chi connectivity index (χ0v) is 9.93.